The molecule has 2 N–H and O–H groups in total. The summed E-state index contributed by atoms with van der Waals surface area (Å²) < 4.78 is 28.4. The van der Waals surface area contributed by atoms with Gasteiger partial charge in [-0.2, -0.15) is 0 Å². The van der Waals surface area contributed by atoms with Crippen molar-refractivity contribution < 1.29 is 13.2 Å². The molecule has 0 amide bonds. The van der Waals surface area contributed by atoms with Gasteiger partial charge in [-0.3, -0.25) is 0 Å². The average molecular weight is 278 g/mol. The fourth-order valence-electron chi connectivity index (χ4n) is 1.41. The Morgan fingerprint density at radius 3 is 2.71 bits per heavy atom. The summed E-state index contributed by atoms with van der Waals surface area (Å²) in [5.74, 6) is 0.0391. The highest BCUT2D eigenvalue weighted by Crippen LogP contribution is 2.21. The predicted octanol–water partition coefficient (Wildman–Crippen LogP) is 1.87. The molecule has 0 unspecified atom stereocenters. The first kappa shape index (κ1) is 14.3. The van der Waals surface area contributed by atoms with E-state index in [4.69, 9.17) is 22.1 Å². The molecule has 0 aliphatic heterocycles. The Kier molecular flexibility index (Phi) is 5.24. The molecule has 96 valence electrons. The van der Waals surface area contributed by atoms with Gasteiger partial charge in [0.2, 0.25) is 0 Å². The Morgan fingerprint density at radius 1 is 1.41 bits per heavy atom. The van der Waals surface area contributed by atoms with Gasteiger partial charge in [0.1, 0.15) is 0 Å². The first-order chi connectivity index (χ1) is 7.94. The second-order valence-corrected chi connectivity index (χ2v) is 6.38. The van der Waals surface area contributed by atoms with Crippen molar-refractivity contribution in [3.05, 3.63) is 28.8 Å². The molecule has 0 spiro atoms. The number of rotatable bonds is 6. The lowest BCUT2D eigenvalue weighted by molar-refractivity contribution is 0.199. The highest BCUT2D eigenvalue weighted by molar-refractivity contribution is 7.90. The van der Waals surface area contributed by atoms with E-state index in [2.05, 4.69) is 0 Å². The van der Waals surface area contributed by atoms with E-state index >= 15 is 0 Å². The maximum atomic E-state index is 11.8. The first-order valence-electron chi connectivity index (χ1n) is 5.18. The van der Waals surface area contributed by atoms with Gasteiger partial charge in [-0.1, -0.05) is 17.7 Å². The number of nitrogens with two attached hydrogens (primary N) is 1. The van der Waals surface area contributed by atoms with Crippen molar-refractivity contribution in [2.24, 2.45) is 0 Å². The van der Waals surface area contributed by atoms with Crippen molar-refractivity contribution in [3.8, 4) is 0 Å². The molecule has 0 aliphatic carbocycles. The molecule has 1 rings (SSSR count). The lowest BCUT2D eigenvalue weighted by Gasteiger charge is -2.06. The molecule has 6 heteroatoms. The van der Waals surface area contributed by atoms with Crippen LogP contribution < -0.4 is 5.73 Å². The lowest BCUT2D eigenvalue weighted by atomic mass is 10.2. The maximum absolute atomic E-state index is 11.8. The smallest absolute Gasteiger partial charge is 0.154 e. The van der Waals surface area contributed by atoms with Gasteiger partial charge in [-0.25, -0.2) is 8.42 Å². The van der Waals surface area contributed by atoms with E-state index in [1.165, 1.54) is 0 Å². The average Bonchev–Trinajstić information content (AvgIpc) is 2.22. The minimum Gasteiger partial charge on any atom is -0.399 e. The normalized spacial score (nSPS) is 11.6. The minimum atomic E-state index is -3.15. The van der Waals surface area contributed by atoms with Crippen LogP contribution in [0.2, 0.25) is 5.02 Å². The van der Waals surface area contributed by atoms with E-state index in [9.17, 15) is 8.42 Å². The molecular formula is C11H16ClNO3S. The second-order valence-electron chi connectivity index (χ2n) is 3.79. The molecule has 0 bridgehead atoms. The van der Waals surface area contributed by atoms with Crippen molar-refractivity contribution in [2.45, 2.75) is 12.2 Å². The second kappa shape index (κ2) is 6.23. The molecular weight excluding hydrogens is 262 g/mol. The predicted molar refractivity (Wildman–Crippen MR) is 69.8 cm³/mol. The molecule has 1 aromatic rings. The van der Waals surface area contributed by atoms with Crippen molar-refractivity contribution in [2.75, 3.05) is 25.2 Å². The number of ether oxygens (including phenoxy) is 1. The van der Waals surface area contributed by atoms with Crippen LogP contribution in [0.15, 0.2) is 18.2 Å². The van der Waals surface area contributed by atoms with E-state index in [1.54, 1.807) is 25.3 Å². The van der Waals surface area contributed by atoms with Crippen molar-refractivity contribution in [3.63, 3.8) is 0 Å². The van der Waals surface area contributed by atoms with Gasteiger partial charge < -0.3 is 10.5 Å². The Hall–Kier alpha value is -0.780. The number of benzene rings is 1. The topological polar surface area (TPSA) is 69.4 Å². The van der Waals surface area contributed by atoms with Crippen molar-refractivity contribution in [1.29, 1.82) is 0 Å². The van der Waals surface area contributed by atoms with Gasteiger partial charge in [0.15, 0.2) is 9.84 Å². The molecule has 0 radical (unpaired) electrons. The summed E-state index contributed by atoms with van der Waals surface area (Å²) in [4.78, 5) is 0. The molecule has 0 fully saturated rings. The van der Waals surface area contributed by atoms with Crippen LogP contribution in [0.1, 0.15) is 12.0 Å². The van der Waals surface area contributed by atoms with Gasteiger partial charge in [-0.15, -0.1) is 0 Å². The molecule has 17 heavy (non-hydrogen) atoms. The van der Waals surface area contributed by atoms with Gasteiger partial charge in [-0.05, 0) is 24.1 Å². The van der Waals surface area contributed by atoms with Gasteiger partial charge in [0.25, 0.3) is 0 Å². The Labute approximate surface area is 107 Å². The summed E-state index contributed by atoms with van der Waals surface area (Å²) in [5.41, 5.74) is 6.64. The van der Waals surface area contributed by atoms with Crippen LogP contribution in [-0.2, 0) is 20.3 Å². The van der Waals surface area contributed by atoms with Crippen LogP contribution in [0.5, 0.6) is 0 Å². The van der Waals surface area contributed by atoms with E-state index in [0.29, 0.717) is 29.3 Å². The molecule has 0 atom stereocenters. The molecule has 1 aromatic carbocycles. The summed E-state index contributed by atoms with van der Waals surface area (Å²) in [6.07, 6.45) is 0.491. The van der Waals surface area contributed by atoms with Crippen LogP contribution >= 0.6 is 11.6 Å². The number of hydrogen-bond acceptors (Lipinski definition) is 4. The molecule has 0 heterocycles. The summed E-state index contributed by atoms with van der Waals surface area (Å²) in [7, 11) is -1.60. The third-order valence-electron chi connectivity index (χ3n) is 2.26. The van der Waals surface area contributed by atoms with Crippen LogP contribution in [0.25, 0.3) is 0 Å². The fourth-order valence-corrected chi connectivity index (χ4v) is 3.18. The van der Waals surface area contributed by atoms with E-state index in [1.807, 2.05) is 0 Å². The van der Waals surface area contributed by atoms with Gasteiger partial charge >= 0.3 is 0 Å². The zero-order valence-electron chi connectivity index (χ0n) is 9.65. The molecule has 0 aromatic heterocycles. The third kappa shape index (κ3) is 4.93. The lowest BCUT2D eigenvalue weighted by Crippen LogP contribution is -2.11. The Balaban J connectivity index is 2.69. The SMILES string of the molecule is COCCCS(=O)(=O)Cc1ccc(N)cc1Cl. The number of hydrogen-bond donors (Lipinski definition) is 1. The Morgan fingerprint density at radius 2 is 2.12 bits per heavy atom. The molecule has 4 nitrogen and oxygen atoms in total. The van der Waals surface area contributed by atoms with E-state index < -0.39 is 9.84 Å². The monoisotopic (exact) mass is 277 g/mol. The molecule has 0 saturated carbocycles. The zero-order valence-corrected chi connectivity index (χ0v) is 11.2. The summed E-state index contributed by atoms with van der Waals surface area (Å²) in [6, 6.07) is 4.85. The number of sulfone groups is 1. The van der Waals surface area contributed by atoms with Gasteiger partial charge in [0.05, 0.1) is 11.5 Å². The molecule has 0 saturated heterocycles. The van der Waals surface area contributed by atoms with Crippen LogP contribution in [0.3, 0.4) is 0 Å². The van der Waals surface area contributed by atoms with E-state index in [0.717, 1.165) is 0 Å². The molecule has 0 aliphatic rings. The van der Waals surface area contributed by atoms with Crippen LogP contribution in [0, 0.1) is 0 Å². The number of anilines is 1. The first-order valence-corrected chi connectivity index (χ1v) is 7.38. The largest absolute Gasteiger partial charge is 0.399 e. The van der Waals surface area contributed by atoms with Gasteiger partial charge in [0, 0.05) is 24.4 Å². The summed E-state index contributed by atoms with van der Waals surface area (Å²) in [5, 5.41) is 0.389. The van der Waals surface area contributed by atoms with Crippen molar-refractivity contribution >= 4 is 27.1 Å². The quantitative estimate of drug-likeness (QED) is 0.637. The zero-order chi connectivity index (χ0) is 12.9. The summed E-state index contributed by atoms with van der Waals surface area (Å²) in [6.45, 7) is 0.439. The van der Waals surface area contributed by atoms with Crippen LogP contribution in [0.4, 0.5) is 5.69 Å². The standard InChI is InChI=1S/C11H16ClNO3S/c1-16-5-2-6-17(14,15)8-9-3-4-10(13)7-11(9)12/h3-4,7H,2,5-6,8,13H2,1H3. The number of nitrogen functional groups attached to an aromatic ring is 1. The van der Waals surface area contributed by atoms with Crippen LogP contribution in [-0.4, -0.2) is 27.9 Å². The third-order valence-corrected chi connectivity index (χ3v) is 4.27. The minimum absolute atomic E-state index is 0.0597. The highest BCUT2D eigenvalue weighted by Gasteiger charge is 2.13. The van der Waals surface area contributed by atoms with E-state index in [-0.39, 0.29) is 11.5 Å². The highest BCUT2D eigenvalue weighted by atomic mass is 35.5. The number of halogens is 1. The maximum Gasteiger partial charge on any atom is 0.154 e. The van der Waals surface area contributed by atoms with Crippen molar-refractivity contribution in [1.82, 2.24) is 0 Å². The number of methoxy groups -OCH3 is 1. The fraction of sp³-hybridized carbons (Fsp3) is 0.455. The Bertz CT molecular complexity index is 474. The summed E-state index contributed by atoms with van der Waals surface area (Å²) >= 11 is 5.93.